The van der Waals surface area contributed by atoms with Gasteiger partial charge in [0.05, 0.1) is 0 Å². The molecule has 1 aromatic heterocycles. The molecule has 0 bridgehead atoms. The van der Waals surface area contributed by atoms with Crippen molar-refractivity contribution in [3.05, 3.63) is 78.6 Å². The Morgan fingerprint density at radius 2 is 1.56 bits per heavy atom. The van der Waals surface area contributed by atoms with Crippen LogP contribution in [0.1, 0.15) is 18.4 Å². The second-order valence-corrected chi connectivity index (χ2v) is 6.44. The number of carbonyl (C=O) groups excluding carboxylic acids is 1. The summed E-state index contributed by atoms with van der Waals surface area (Å²) in [6.07, 6.45) is 6.56. The summed E-state index contributed by atoms with van der Waals surface area (Å²) in [6, 6.07) is 20.4. The topological polar surface area (TPSA) is 59.0 Å². The van der Waals surface area contributed by atoms with Gasteiger partial charge >= 0.3 is 6.03 Å². The fourth-order valence-corrected chi connectivity index (χ4v) is 2.99. The fourth-order valence-electron chi connectivity index (χ4n) is 2.99. The van der Waals surface area contributed by atoms with E-state index < -0.39 is 0 Å². The number of nitrogens with one attached hydrogen (secondary N) is 2. The van der Waals surface area contributed by atoms with E-state index in [-0.39, 0.29) is 6.03 Å². The molecule has 1 heterocycles. The Hall–Kier alpha value is -3.08. The van der Waals surface area contributed by atoms with Gasteiger partial charge in [0.25, 0.3) is 0 Å². The van der Waals surface area contributed by atoms with Gasteiger partial charge in [-0.2, -0.15) is 0 Å². The summed E-state index contributed by atoms with van der Waals surface area (Å²) >= 11 is 0. The molecule has 0 fully saturated rings. The Morgan fingerprint density at radius 1 is 0.889 bits per heavy atom. The van der Waals surface area contributed by atoms with Crippen molar-refractivity contribution >= 4 is 6.03 Å². The molecule has 140 valence electrons. The highest BCUT2D eigenvalue weighted by Crippen LogP contribution is 2.16. The first kappa shape index (κ1) is 18.7. The molecular weight excluding hydrogens is 336 g/mol. The summed E-state index contributed by atoms with van der Waals surface area (Å²) in [5, 5.41) is 5.83. The summed E-state index contributed by atoms with van der Waals surface area (Å²) < 4.78 is 2.12. The molecule has 3 aromatic rings. The van der Waals surface area contributed by atoms with Gasteiger partial charge in [-0.1, -0.05) is 60.7 Å². The van der Waals surface area contributed by atoms with Crippen LogP contribution < -0.4 is 10.6 Å². The van der Waals surface area contributed by atoms with Crippen LogP contribution in [-0.2, 0) is 13.0 Å². The Kier molecular flexibility index (Phi) is 7.04. The standard InChI is InChI=1S/C22H26N4O/c27-22(24-14-7-11-19-9-3-1-4-10-19)25-15-8-17-26-18-16-23-21(26)20-12-5-2-6-13-20/h1-6,9-10,12-13,16,18H,7-8,11,14-15,17H2,(H2,24,25,27). The molecule has 2 aromatic carbocycles. The van der Waals surface area contributed by atoms with E-state index in [1.807, 2.05) is 48.8 Å². The Bertz CT molecular complexity index is 815. The number of nitrogens with zero attached hydrogens (tertiary/aromatic N) is 2. The second kappa shape index (κ2) is 10.2. The molecule has 0 aliphatic carbocycles. The lowest BCUT2D eigenvalue weighted by Crippen LogP contribution is -2.36. The maximum Gasteiger partial charge on any atom is 0.314 e. The number of hydrogen-bond donors (Lipinski definition) is 2. The highest BCUT2D eigenvalue weighted by Gasteiger charge is 2.05. The number of urea groups is 1. The zero-order chi connectivity index (χ0) is 18.7. The van der Waals surface area contributed by atoms with Gasteiger partial charge in [-0.15, -0.1) is 0 Å². The molecule has 3 rings (SSSR count). The smallest absolute Gasteiger partial charge is 0.314 e. The van der Waals surface area contributed by atoms with Crippen LogP contribution in [0, 0.1) is 0 Å². The average Bonchev–Trinajstić information content (AvgIpc) is 3.19. The van der Waals surface area contributed by atoms with E-state index in [9.17, 15) is 4.79 Å². The highest BCUT2D eigenvalue weighted by atomic mass is 16.2. The first-order chi connectivity index (χ1) is 13.3. The molecule has 0 radical (unpaired) electrons. The molecule has 27 heavy (non-hydrogen) atoms. The molecular formula is C22H26N4O. The third kappa shape index (κ3) is 5.99. The maximum atomic E-state index is 11.9. The average molecular weight is 362 g/mol. The number of aryl methyl sites for hydroxylation is 2. The minimum atomic E-state index is -0.100. The van der Waals surface area contributed by atoms with Gasteiger partial charge in [0, 0.05) is 37.6 Å². The third-order valence-corrected chi connectivity index (χ3v) is 4.38. The van der Waals surface area contributed by atoms with Crippen molar-refractivity contribution in [1.29, 1.82) is 0 Å². The van der Waals surface area contributed by atoms with E-state index in [1.165, 1.54) is 5.56 Å². The molecule has 0 atom stereocenters. The minimum Gasteiger partial charge on any atom is -0.338 e. The van der Waals surface area contributed by atoms with Crippen LogP contribution in [0.3, 0.4) is 0 Å². The van der Waals surface area contributed by atoms with Crippen LogP contribution >= 0.6 is 0 Å². The van der Waals surface area contributed by atoms with E-state index >= 15 is 0 Å². The van der Waals surface area contributed by atoms with Gasteiger partial charge in [-0.05, 0) is 24.8 Å². The van der Waals surface area contributed by atoms with Crippen LogP contribution in [0.2, 0.25) is 0 Å². The van der Waals surface area contributed by atoms with E-state index in [2.05, 4.69) is 44.5 Å². The van der Waals surface area contributed by atoms with E-state index in [0.29, 0.717) is 13.1 Å². The van der Waals surface area contributed by atoms with E-state index in [4.69, 9.17) is 0 Å². The first-order valence-electron chi connectivity index (χ1n) is 9.45. The predicted molar refractivity (Wildman–Crippen MR) is 108 cm³/mol. The third-order valence-electron chi connectivity index (χ3n) is 4.38. The maximum absolute atomic E-state index is 11.9. The summed E-state index contributed by atoms with van der Waals surface area (Å²) in [6.45, 7) is 2.13. The van der Waals surface area contributed by atoms with Crippen LogP contribution in [0.25, 0.3) is 11.4 Å². The highest BCUT2D eigenvalue weighted by molar-refractivity contribution is 5.73. The van der Waals surface area contributed by atoms with Crippen molar-refractivity contribution in [2.24, 2.45) is 0 Å². The molecule has 2 N–H and O–H groups in total. The van der Waals surface area contributed by atoms with Gasteiger partial charge in [0.1, 0.15) is 5.82 Å². The van der Waals surface area contributed by atoms with Gasteiger partial charge < -0.3 is 15.2 Å². The van der Waals surface area contributed by atoms with E-state index in [1.54, 1.807) is 0 Å². The summed E-state index contributed by atoms with van der Waals surface area (Å²) in [4.78, 5) is 16.3. The molecule has 0 spiro atoms. The molecule has 0 saturated heterocycles. The van der Waals surface area contributed by atoms with Crippen LogP contribution in [0.5, 0.6) is 0 Å². The number of carbonyl (C=O) groups is 1. The largest absolute Gasteiger partial charge is 0.338 e. The number of amides is 2. The van der Waals surface area contributed by atoms with Crippen molar-refractivity contribution in [3.8, 4) is 11.4 Å². The normalized spacial score (nSPS) is 10.5. The molecule has 2 amide bonds. The molecule has 0 aliphatic rings. The Balaban J connectivity index is 1.31. The van der Waals surface area contributed by atoms with E-state index in [0.717, 1.165) is 37.2 Å². The molecule has 5 nitrogen and oxygen atoms in total. The van der Waals surface area contributed by atoms with Crippen LogP contribution in [0.4, 0.5) is 4.79 Å². The zero-order valence-corrected chi connectivity index (χ0v) is 15.5. The SMILES string of the molecule is O=C(NCCCc1ccccc1)NCCCn1ccnc1-c1ccccc1. The fraction of sp³-hybridized carbons (Fsp3) is 0.273. The van der Waals surface area contributed by atoms with Gasteiger partial charge in [-0.3, -0.25) is 0 Å². The van der Waals surface area contributed by atoms with Crippen molar-refractivity contribution < 1.29 is 4.79 Å². The lowest BCUT2D eigenvalue weighted by molar-refractivity contribution is 0.240. The lowest BCUT2D eigenvalue weighted by Gasteiger charge is -2.10. The summed E-state index contributed by atoms with van der Waals surface area (Å²) in [7, 11) is 0. The number of imidazole rings is 1. The van der Waals surface area contributed by atoms with Gasteiger partial charge in [-0.25, -0.2) is 9.78 Å². The number of aromatic nitrogens is 2. The van der Waals surface area contributed by atoms with Gasteiger partial charge in [0.15, 0.2) is 0 Å². The second-order valence-electron chi connectivity index (χ2n) is 6.44. The lowest BCUT2D eigenvalue weighted by atomic mass is 10.1. The van der Waals surface area contributed by atoms with Crippen LogP contribution in [-0.4, -0.2) is 28.7 Å². The van der Waals surface area contributed by atoms with Crippen molar-refractivity contribution in [3.63, 3.8) is 0 Å². The summed E-state index contributed by atoms with van der Waals surface area (Å²) in [5.74, 6) is 0.959. The monoisotopic (exact) mass is 362 g/mol. The van der Waals surface area contributed by atoms with Crippen molar-refractivity contribution in [2.75, 3.05) is 13.1 Å². The Morgan fingerprint density at radius 3 is 2.30 bits per heavy atom. The summed E-state index contributed by atoms with van der Waals surface area (Å²) in [5.41, 5.74) is 2.40. The number of hydrogen-bond acceptors (Lipinski definition) is 2. The Labute approximate surface area is 160 Å². The molecule has 0 saturated carbocycles. The van der Waals surface area contributed by atoms with Crippen molar-refractivity contribution in [2.45, 2.75) is 25.8 Å². The molecule has 0 aliphatic heterocycles. The quantitative estimate of drug-likeness (QED) is 0.568. The molecule has 0 unspecified atom stereocenters. The zero-order valence-electron chi connectivity index (χ0n) is 15.5. The predicted octanol–water partition coefficient (Wildman–Crippen LogP) is 3.87. The van der Waals surface area contributed by atoms with Crippen LogP contribution in [0.15, 0.2) is 73.1 Å². The minimum absolute atomic E-state index is 0.100. The first-order valence-corrected chi connectivity index (χ1v) is 9.45. The van der Waals surface area contributed by atoms with Crippen molar-refractivity contribution in [1.82, 2.24) is 20.2 Å². The van der Waals surface area contributed by atoms with Gasteiger partial charge in [0.2, 0.25) is 0 Å². The number of rotatable bonds is 9. The number of benzene rings is 2. The molecule has 5 heteroatoms.